The number of anilines is 1. The minimum atomic E-state index is -0.537. The van der Waals surface area contributed by atoms with Gasteiger partial charge in [-0.2, -0.15) is 0 Å². The van der Waals surface area contributed by atoms with Crippen LogP contribution in [-0.2, 0) is 14.3 Å². The molecule has 0 radical (unpaired) electrons. The van der Waals surface area contributed by atoms with Crippen LogP contribution in [0.3, 0.4) is 0 Å². The summed E-state index contributed by atoms with van der Waals surface area (Å²) >= 11 is 11.7. The van der Waals surface area contributed by atoms with E-state index in [4.69, 9.17) is 27.9 Å². The molecule has 0 bridgehead atoms. The summed E-state index contributed by atoms with van der Waals surface area (Å²) < 4.78 is 5.35. The molecule has 1 aromatic carbocycles. The van der Waals surface area contributed by atoms with Crippen LogP contribution in [0.2, 0.25) is 10.0 Å². The molecule has 29 heavy (non-hydrogen) atoms. The number of piperidine rings is 1. The van der Waals surface area contributed by atoms with Gasteiger partial charge in [0.15, 0.2) is 0 Å². The van der Waals surface area contributed by atoms with Crippen molar-refractivity contribution in [2.45, 2.75) is 45.3 Å². The Kier molecular flexibility index (Phi) is 7.93. The zero-order chi connectivity index (χ0) is 21.6. The predicted molar refractivity (Wildman–Crippen MR) is 113 cm³/mol. The van der Waals surface area contributed by atoms with E-state index in [2.05, 4.69) is 10.6 Å². The van der Waals surface area contributed by atoms with Gasteiger partial charge in [0.05, 0.1) is 10.0 Å². The van der Waals surface area contributed by atoms with Crippen molar-refractivity contribution in [1.82, 2.24) is 10.2 Å². The highest BCUT2D eigenvalue weighted by molar-refractivity contribution is 6.42. The van der Waals surface area contributed by atoms with Crippen LogP contribution in [0.1, 0.15) is 33.6 Å². The maximum Gasteiger partial charge on any atom is 0.410 e. The summed E-state index contributed by atoms with van der Waals surface area (Å²) in [7, 11) is 0. The molecular weight excluding hydrogens is 417 g/mol. The van der Waals surface area contributed by atoms with Crippen molar-refractivity contribution in [2.24, 2.45) is 0 Å². The Hall–Kier alpha value is -2.25. The van der Waals surface area contributed by atoms with Gasteiger partial charge in [-0.3, -0.25) is 9.59 Å². The number of carbonyl (C=O) groups is 3. The Bertz CT molecular complexity index is 797. The number of carbonyl (C=O) groups excluding carboxylic acids is 3. The lowest BCUT2D eigenvalue weighted by Crippen LogP contribution is -2.47. The summed E-state index contributed by atoms with van der Waals surface area (Å²) in [5.41, 5.74) is -0.0609. The summed E-state index contributed by atoms with van der Waals surface area (Å²) in [6.07, 6.45) is 3.21. The highest BCUT2D eigenvalue weighted by atomic mass is 35.5. The second-order valence-electron chi connectivity index (χ2n) is 7.70. The van der Waals surface area contributed by atoms with Gasteiger partial charge in [0.25, 0.3) is 0 Å². The van der Waals surface area contributed by atoms with Gasteiger partial charge in [-0.1, -0.05) is 23.2 Å². The average Bonchev–Trinajstić information content (AvgIpc) is 2.62. The molecule has 0 spiro atoms. The zero-order valence-electron chi connectivity index (χ0n) is 16.6. The number of likely N-dealkylation sites (tertiary alicyclic amines) is 1. The Balaban J connectivity index is 1.75. The molecule has 1 aliphatic heterocycles. The number of ether oxygens (including phenoxy) is 1. The molecule has 3 amide bonds. The second-order valence-corrected chi connectivity index (χ2v) is 8.52. The molecule has 1 heterocycles. The highest BCUT2D eigenvalue weighted by Crippen LogP contribution is 2.25. The molecule has 9 heteroatoms. The minimum absolute atomic E-state index is 0.0658. The minimum Gasteiger partial charge on any atom is -0.444 e. The standard InChI is InChI=1S/C20H25Cl2N3O4/c1-20(2,3)29-19(28)25-10-8-13(9-11-25)23-17(26)6-7-18(27)24-14-4-5-15(21)16(22)12-14/h4-7,12-13H,8-11H2,1-3H3,(H,23,26)(H,24,27). The van der Waals surface area contributed by atoms with Gasteiger partial charge in [-0.15, -0.1) is 0 Å². The maximum atomic E-state index is 12.1. The van der Waals surface area contributed by atoms with Gasteiger partial charge >= 0.3 is 6.09 Å². The van der Waals surface area contributed by atoms with E-state index in [1.54, 1.807) is 17.0 Å². The lowest BCUT2D eigenvalue weighted by atomic mass is 10.1. The van der Waals surface area contributed by atoms with Crippen LogP contribution in [0.5, 0.6) is 0 Å². The third kappa shape index (κ3) is 7.95. The van der Waals surface area contributed by atoms with E-state index < -0.39 is 11.5 Å². The van der Waals surface area contributed by atoms with Crippen molar-refractivity contribution in [3.05, 3.63) is 40.4 Å². The molecule has 158 valence electrons. The molecule has 1 fully saturated rings. The monoisotopic (exact) mass is 441 g/mol. The molecule has 1 aromatic rings. The fourth-order valence-corrected chi connectivity index (χ4v) is 2.99. The third-order valence-corrected chi connectivity index (χ3v) is 4.81. The first-order valence-corrected chi connectivity index (χ1v) is 10.0. The normalized spacial score (nSPS) is 15.3. The van der Waals surface area contributed by atoms with Crippen LogP contribution in [0.25, 0.3) is 0 Å². The predicted octanol–water partition coefficient (Wildman–Crippen LogP) is 4.00. The van der Waals surface area contributed by atoms with Crippen LogP contribution in [0.15, 0.2) is 30.4 Å². The highest BCUT2D eigenvalue weighted by Gasteiger charge is 2.27. The van der Waals surface area contributed by atoms with Crippen molar-refractivity contribution in [1.29, 1.82) is 0 Å². The van der Waals surface area contributed by atoms with E-state index in [1.165, 1.54) is 12.1 Å². The summed E-state index contributed by atoms with van der Waals surface area (Å²) in [6, 6.07) is 4.63. The molecule has 0 saturated carbocycles. The Morgan fingerprint density at radius 2 is 1.69 bits per heavy atom. The second kappa shape index (κ2) is 9.98. The van der Waals surface area contributed by atoms with E-state index in [0.717, 1.165) is 6.08 Å². The molecule has 0 atom stereocenters. The molecular formula is C20H25Cl2N3O4. The summed E-state index contributed by atoms with van der Waals surface area (Å²) in [5, 5.41) is 6.15. The zero-order valence-corrected chi connectivity index (χ0v) is 18.1. The summed E-state index contributed by atoms with van der Waals surface area (Å²) in [4.78, 5) is 37.7. The fourth-order valence-electron chi connectivity index (χ4n) is 2.69. The Morgan fingerprint density at radius 1 is 1.07 bits per heavy atom. The third-order valence-electron chi connectivity index (χ3n) is 4.07. The van der Waals surface area contributed by atoms with Gasteiger partial charge in [-0.05, 0) is 51.8 Å². The number of hydrogen-bond donors (Lipinski definition) is 2. The van der Waals surface area contributed by atoms with Gasteiger partial charge in [0.1, 0.15) is 5.60 Å². The van der Waals surface area contributed by atoms with Crippen molar-refractivity contribution in [3.8, 4) is 0 Å². The number of nitrogens with one attached hydrogen (secondary N) is 2. The van der Waals surface area contributed by atoms with Crippen molar-refractivity contribution < 1.29 is 19.1 Å². The number of hydrogen-bond acceptors (Lipinski definition) is 4. The molecule has 2 rings (SSSR count). The number of amides is 3. The van der Waals surface area contributed by atoms with Crippen LogP contribution < -0.4 is 10.6 Å². The number of nitrogens with zero attached hydrogens (tertiary/aromatic N) is 1. The van der Waals surface area contributed by atoms with Crippen LogP contribution in [0.4, 0.5) is 10.5 Å². The first kappa shape index (κ1) is 23.0. The molecule has 0 aliphatic carbocycles. The summed E-state index contributed by atoms with van der Waals surface area (Å²) in [5.74, 6) is -0.830. The largest absolute Gasteiger partial charge is 0.444 e. The van der Waals surface area contributed by atoms with Crippen LogP contribution in [0, 0.1) is 0 Å². The van der Waals surface area contributed by atoms with Crippen molar-refractivity contribution in [2.75, 3.05) is 18.4 Å². The topological polar surface area (TPSA) is 87.7 Å². The van der Waals surface area contributed by atoms with E-state index in [-0.39, 0.29) is 18.0 Å². The van der Waals surface area contributed by atoms with Crippen LogP contribution >= 0.6 is 23.2 Å². The fraction of sp³-hybridized carbons (Fsp3) is 0.450. The van der Waals surface area contributed by atoms with E-state index >= 15 is 0 Å². The smallest absolute Gasteiger partial charge is 0.410 e. The maximum absolute atomic E-state index is 12.1. The lowest BCUT2D eigenvalue weighted by Gasteiger charge is -2.33. The van der Waals surface area contributed by atoms with Crippen molar-refractivity contribution >= 4 is 46.8 Å². The average molecular weight is 442 g/mol. The molecule has 7 nitrogen and oxygen atoms in total. The summed E-state index contributed by atoms with van der Waals surface area (Å²) in [6.45, 7) is 6.47. The Morgan fingerprint density at radius 3 is 2.28 bits per heavy atom. The first-order chi connectivity index (χ1) is 13.5. The van der Waals surface area contributed by atoms with Gasteiger partial charge in [-0.25, -0.2) is 4.79 Å². The molecule has 1 aliphatic rings. The van der Waals surface area contributed by atoms with Gasteiger partial charge < -0.3 is 20.3 Å². The first-order valence-electron chi connectivity index (χ1n) is 9.26. The number of benzene rings is 1. The van der Waals surface area contributed by atoms with Gasteiger partial charge in [0.2, 0.25) is 11.8 Å². The SMILES string of the molecule is CC(C)(C)OC(=O)N1CCC(NC(=O)C=CC(=O)Nc2ccc(Cl)c(Cl)c2)CC1. The van der Waals surface area contributed by atoms with Gasteiger partial charge in [0, 0.05) is 37.0 Å². The Labute approximate surface area is 180 Å². The molecule has 1 saturated heterocycles. The quantitative estimate of drug-likeness (QED) is 0.690. The van der Waals surface area contributed by atoms with E-state index in [1.807, 2.05) is 20.8 Å². The van der Waals surface area contributed by atoms with Crippen LogP contribution in [-0.4, -0.2) is 47.5 Å². The van der Waals surface area contributed by atoms with Crippen molar-refractivity contribution in [3.63, 3.8) is 0 Å². The lowest BCUT2D eigenvalue weighted by molar-refractivity contribution is -0.118. The molecule has 2 N–H and O–H groups in total. The number of halogens is 2. The van der Waals surface area contributed by atoms with E-state index in [9.17, 15) is 14.4 Å². The number of rotatable bonds is 4. The van der Waals surface area contributed by atoms with E-state index in [0.29, 0.717) is 41.7 Å². The molecule has 0 unspecified atom stereocenters. The molecule has 0 aromatic heterocycles.